The fourth-order valence-electron chi connectivity index (χ4n) is 1.21. The van der Waals surface area contributed by atoms with Crippen LogP contribution in [0.25, 0.3) is 0 Å². The minimum absolute atomic E-state index is 0.602. The lowest BCUT2D eigenvalue weighted by atomic mass is 10.1. The van der Waals surface area contributed by atoms with E-state index in [1.54, 1.807) is 0 Å². The summed E-state index contributed by atoms with van der Waals surface area (Å²) in [6, 6.07) is 0. The van der Waals surface area contributed by atoms with Crippen LogP contribution in [0.1, 0.15) is 22.3 Å². The summed E-state index contributed by atoms with van der Waals surface area (Å²) < 4.78 is 29.8. The first kappa shape index (κ1) is 12.7. The summed E-state index contributed by atoms with van der Waals surface area (Å²) in [5.41, 5.74) is -1.80. The molecule has 0 saturated carbocycles. The number of nitro groups is 1. The molecule has 0 aliphatic heterocycles. The van der Waals surface area contributed by atoms with Gasteiger partial charge in [-0.2, -0.15) is 0 Å². The minimum atomic E-state index is -3.27. The Labute approximate surface area is 92.8 Å². The predicted octanol–water partition coefficient (Wildman–Crippen LogP) is 1.63. The Kier molecular flexibility index (Phi) is 3.51. The van der Waals surface area contributed by atoms with Crippen LogP contribution in [-0.2, 0) is 0 Å². The summed E-state index contributed by atoms with van der Waals surface area (Å²) in [6.07, 6.45) is -2.66. The Balaban J connectivity index is 3.61. The molecule has 17 heavy (non-hydrogen) atoms. The zero-order valence-corrected chi connectivity index (χ0v) is 8.39. The van der Waals surface area contributed by atoms with Crippen molar-refractivity contribution in [2.45, 2.75) is 6.43 Å². The molecule has 1 rings (SSSR count). The van der Waals surface area contributed by atoms with Crippen LogP contribution >= 0.6 is 0 Å². The Hall–Kier alpha value is -2.32. The third-order valence-corrected chi connectivity index (χ3v) is 1.87. The van der Waals surface area contributed by atoms with Crippen molar-refractivity contribution in [3.63, 3.8) is 0 Å². The standard InChI is InChI=1S/C8H6F2N2O5/c1-17-5-3(8(13)14)2-11-7(12(15)16)4(5)6(9)10/h2,6H,1H3,(H,13,14). The fraction of sp³-hybridized carbons (Fsp3) is 0.250. The van der Waals surface area contributed by atoms with Gasteiger partial charge in [0.05, 0.1) is 7.11 Å². The average molecular weight is 248 g/mol. The van der Waals surface area contributed by atoms with Crippen molar-refractivity contribution in [3.05, 3.63) is 27.4 Å². The van der Waals surface area contributed by atoms with Gasteiger partial charge in [0.15, 0.2) is 17.5 Å². The second-order valence-corrected chi connectivity index (χ2v) is 2.81. The van der Waals surface area contributed by atoms with E-state index in [1.807, 2.05) is 0 Å². The number of hydrogen-bond acceptors (Lipinski definition) is 5. The lowest BCUT2D eigenvalue weighted by molar-refractivity contribution is -0.391. The molecular formula is C8H6F2N2O5. The third-order valence-electron chi connectivity index (χ3n) is 1.87. The number of alkyl halides is 2. The minimum Gasteiger partial charge on any atom is -0.495 e. The van der Waals surface area contributed by atoms with Gasteiger partial charge >= 0.3 is 11.8 Å². The second kappa shape index (κ2) is 4.68. The molecule has 0 saturated heterocycles. The number of rotatable bonds is 4. The van der Waals surface area contributed by atoms with Gasteiger partial charge in [0.25, 0.3) is 6.43 Å². The molecule has 1 aromatic heterocycles. The maximum absolute atomic E-state index is 12.7. The van der Waals surface area contributed by atoms with Crippen molar-refractivity contribution >= 4 is 11.8 Å². The van der Waals surface area contributed by atoms with Gasteiger partial charge in [-0.15, -0.1) is 0 Å². The smallest absolute Gasteiger partial charge is 0.376 e. The molecule has 1 heterocycles. The van der Waals surface area contributed by atoms with Crippen molar-refractivity contribution in [2.24, 2.45) is 0 Å². The monoisotopic (exact) mass is 248 g/mol. The number of carboxylic acids is 1. The zero-order valence-electron chi connectivity index (χ0n) is 8.39. The van der Waals surface area contributed by atoms with Gasteiger partial charge in [-0.3, -0.25) is 0 Å². The van der Waals surface area contributed by atoms with Crippen molar-refractivity contribution in [1.29, 1.82) is 0 Å². The van der Waals surface area contributed by atoms with Gasteiger partial charge in [0, 0.05) is 0 Å². The van der Waals surface area contributed by atoms with Crippen molar-refractivity contribution in [3.8, 4) is 5.75 Å². The number of pyridine rings is 1. The Morgan fingerprint density at radius 3 is 2.59 bits per heavy atom. The number of aromatic nitrogens is 1. The van der Waals surface area contributed by atoms with Gasteiger partial charge in [0.2, 0.25) is 0 Å². The Bertz CT molecular complexity index is 477. The molecule has 0 bridgehead atoms. The number of ether oxygens (including phenoxy) is 1. The van der Waals surface area contributed by atoms with Crippen molar-refractivity contribution < 1.29 is 28.3 Å². The molecule has 0 amide bonds. The van der Waals surface area contributed by atoms with Gasteiger partial charge in [-0.1, -0.05) is 0 Å². The van der Waals surface area contributed by atoms with E-state index >= 15 is 0 Å². The van der Waals surface area contributed by atoms with E-state index in [4.69, 9.17) is 5.11 Å². The van der Waals surface area contributed by atoms with E-state index in [1.165, 1.54) is 0 Å². The molecule has 0 atom stereocenters. The van der Waals surface area contributed by atoms with E-state index in [2.05, 4.69) is 9.72 Å². The van der Waals surface area contributed by atoms with Crippen LogP contribution in [0, 0.1) is 10.1 Å². The number of halogens is 2. The number of nitrogens with zero attached hydrogens (tertiary/aromatic N) is 2. The lowest BCUT2D eigenvalue weighted by Crippen LogP contribution is -2.08. The van der Waals surface area contributed by atoms with Crippen LogP contribution in [0.3, 0.4) is 0 Å². The topological polar surface area (TPSA) is 103 Å². The van der Waals surface area contributed by atoms with E-state index in [0.29, 0.717) is 6.20 Å². The van der Waals surface area contributed by atoms with Crippen molar-refractivity contribution in [2.75, 3.05) is 7.11 Å². The molecule has 9 heteroatoms. The maximum Gasteiger partial charge on any atom is 0.376 e. The number of hydrogen-bond donors (Lipinski definition) is 1. The highest BCUT2D eigenvalue weighted by Crippen LogP contribution is 2.37. The summed E-state index contributed by atoms with van der Waals surface area (Å²) >= 11 is 0. The average Bonchev–Trinajstić information content (AvgIpc) is 2.26. The van der Waals surface area contributed by atoms with Crippen LogP contribution in [-0.4, -0.2) is 28.1 Å². The van der Waals surface area contributed by atoms with Crippen molar-refractivity contribution in [1.82, 2.24) is 4.98 Å². The molecule has 92 valence electrons. The summed E-state index contributed by atoms with van der Waals surface area (Å²) in [7, 11) is 0.942. The molecule has 7 nitrogen and oxygen atoms in total. The molecule has 0 aliphatic carbocycles. The van der Waals surface area contributed by atoms with Gasteiger partial charge in [0.1, 0.15) is 5.56 Å². The summed E-state index contributed by atoms with van der Waals surface area (Å²) in [4.78, 5) is 23.1. The van der Waals surface area contributed by atoms with Gasteiger partial charge in [-0.25, -0.2) is 13.6 Å². The third kappa shape index (κ3) is 2.27. The SMILES string of the molecule is COc1c(C(=O)O)cnc([N+](=O)[O-])c1C(F)F. The Morgan fingerprint density at radius 2 is 2.24 bits per heavy atom. The highest BCUT2D eigenvalue weighted by atomic mass is 19.3. The molecule has 0 fully saturated rings. The first-order chi connectivity index (χ1) is 7.90. The molecule has 0 spiro atoms. The van der Waals surface area contributed by atoms with E-state index in [0.717, 1.165) is 7.11 Å². The molecule has 1 aromatic rings. The number of carbonyl (C=O) groups is 1. The first-order valence-corrected chi connectivity index (χ1v) is 4.12. The molecular weight excluding hydrogens is 242 g/mol. The van der Waals surface area contributed by atoms with Gasteiger partial charge < -0.3 is 20.0 Å². The highest BCUT2D eigenvalue weighted by Gasteiger charge is 2.32. The van der Waals surface area contributed by atoms with E-state index in [9.17, 15) is 23.7 Å². The zero-order chi connectivity index (χ0) is 13.2. The van der Waals surface area contributed by atoms with Crippen LogP contribution in [0.15, 0.2) is 6.20 Å². The van der Waals surface area contributed by atoms with Crippen LogP contribution in [0.4, 0.5) is 14.6 Å². The summed E-state index contributed by atoms with van der Waals surface area (Å²) in [6.45, 7) is 0. The van der Waals surface area contributed by atoms with E-state index in [-0.39, 0.29) is 0 Å². The molecule has 1 N–H and O–H groups in total. The normalized spacial score (nSPS) is 10.4. The van der Waals surface area contributed by atoms with E-state index < -0.39 is 40.0 Å². The summed E-state index contributed by atoms with van der Waals surface area (Å²) in [5.74, 6) is -3.44. The first-order valence-electron chi connectivity index (χ1n) is 4.12. The molecule has 0 aromatic carbocycles. The molecule has 0 unspecified atom stereocenters. The lowest BCUT2D eigenvalue weighted by Gasteiger charge is -2.09. The predicted molar refractivity (Wildman–Crippen MR) is 49.4 cm³/mol. The van der Waals surface area contributed by atoms with Gasteiger partial charge in [-0.05, 0) is 9.91 Å². The van der Waals surface area contributed by atoms with Crippen LogP contribution in [0.5, 0.6) is 5.75 Å². The Morgan fingerprint density at radius 1 is 1.65 bits per heavy atom. The second-order valence-electron chi connectivity index (χ2n) is 2.81. The molecule has 0 aliphatic rings. The maximum atomic E-state index is 12.7. The highest BCUT2D eigenvalue weighted by molar-refractivity contribution is 5.91. The van der Waals surface area contributed by atoms with Crippen LogP contribution < -0.4 is 4.74 Å². The molecule has 0 radical (unpaired) electrons. The fourth-order valence-corrected chi connectivity index (χ4v) is 1.21. The summed E-state index contributed by atoms with van der Waals surface area (Å²) in [5, 5.41) is 19.2. The quantitative estimate of drug-likeness (QED) is 0.641. The largest absolute Gasteiger partial charge is 0.495 e. The van der Waals surface area contributed by atoms with Crippen LogP contribution in [0.2, 0.25) is 0 Å². The number of carboxylic acid groups (broad SMARTS) is 1. The number of aromatic carboxylic acids is 1. The number of methoxy groups -OCH3 is 1.